The minimum absolute atomic E-state index is 0.278. The molecule has 0 atom stereocenters. The minimum Gasteiger partial charge on any atom is -0.368 e. The summed E-state index contributed by atoms with van der Waals surface area (Å²) in [6.45, 7) is 0. The molecular weight excluding hydrogens is 250 g/mol. The Morgan fingerprint density at radius 2 is 1.90 bits per heavy atom. The molecule has 3 aromatic rings. The van der Waals surface area contributed by atoms with Crippen LogP contribution in [-0.2, 0) is 0 Å². The van der Waals surface area contributed by atoms with Crippen molar-refractivity contribution in [3.63, 3.8) is 0 Å². The van der Waals surface area contributed by atoms with Crippen molar-refractivity contribution in [1.29, 1.82) is 5.41 Å². The van der Waals surface area contributed by atoms with Gasteiger partial charge in [0, 0.05) is 17.2 Å². The fourth-order valence-corrected chi connectivity index (χ4v) is 2.04. The number of aliphatic imine (C=N–C) groups is 1. The van der Waals surface area contributed by atoms with Crippen molar-refractivity contribution in [1.82, 2.24) is 9.78 Å². The number of nitrogens with one attached hydrogen (secondary N) is 1. The number of aromatic nitrogens is 2. The van der Waals surface area contributed by atoms with E-state index in [0.717, 1.165) is 10.9 Å². The molecule has 1 heterocycles. The van der Waals surface area contributed by atoms with Crippen LogP contribution in [0.5, 0.6) is 0 Å². The van der Waals surface area contributed by atoms with Crippen LogP contribution < -0.4 is 5.73 Å². The summed E-state index contributed by atoms with van der Waals surface area (Å²) < 4.78 is 1.59. The molecule has 98 valence electrons. The average molecular weight is 263 g/mol. The lowest BCUT2D eigenvalue weighted by Gasteiger charge is -2.04. The predicted octanol–water partition coefficient (Wildman–Crippen LogP) is 2.53. The first-order chi connectivity index (χ1) is 9.79. The van der Waals surface area contributed by atoms with Crippen LogP contribution in [0.25, 0.3) is 10.9 Å². The highest BCUT2D eigenvalue weighted by Crippen LogP contribution is 2.18. The molecular formula is C15H13N5. The number of fused-ring (bicyclic) bond motifs is 1. The van der Waals surface area contributed by atoms with Gasteiger partial charge in [-0.1, -0.05) is 36.4 Å². The van der Waals surface area contributed by atoms with E-state index < -0.39 is 0 Å². The summed E-state index contributed by atoms with van der Waals surface area (Å²) in [4.78, 5) is 4.37. The highest BCUT2D eigenvalue weighted by molar-refractivity contribution is 5.94. The number of benzene rings is 2. The Balaban J connectivity index is 2.10. The van der Waals surface area contributed by atoms with Gasteiger partial charge in [-0.15, -0.1) is 0 Å². The van der Waals surface area contributed by atoms with E-state index in [4.69, 9.17) is 11.1 Å². The predicted molar refractivity (Wildman–Crippen MR) is 80.7 cm³/mol. The quantitative estimate of drug-likeness (QED) is 0.550. The Kier molecular flexibility index (Phi) is 3.01. The molecule has 2 aromatic carbocycles. The second-order valence-corrected chi connectivity index (χ2v) is 4.29. The van der Waals surface area contributed by atoms with Crippen LogP contribution in [0.2, 0.25) is 0 Å². The van der Waals surface area contributed by atoms with Gasteiger partial charge in [0.1, 0.15) is 0 Å². The SMILES string of the molecule is N=Cc1ccccc1N=C(N)n1ncc2ccccc21. The zero-order valence-corrected chi connectivity index (χ0v) is 10.7. The summed E-state index contributed by atoms with van der Waals surface area (Å²) in [5, 5.41) is 12.6. The molecule has 0 radical (unpaired) electrons. The molecule has 0 unspecified atom stereocenters. The lowest BCUT2D eigenvalue weighted by molar-refractivity contribution is 0.950. The maximum absolute atomic E-state index is 7.38. The van der Waals surface area contributed by atoms with Crippen molar-refractivity contribution in [2.45, 2.75) is 0 Å². The summed E-state index contributed by atoms with van der Waals surface area (Å²) >= 11 is 0. The van der Waals surface area contributed by atoms with Gasteiger partial charge in [-0.3, -0.25) is 0 Å². The van der Waals surface area contributed by atoms with E-state index in [-0.39, 0.29) is 5.96 Å². The topological polar surface area (TPSA) is 80.0 Å². The van der Waals surface area contributed by atoms with Crippen molar-refractivity contribution in [2.75, 3.05) is 0 Å². The molecule has 0 saturated carbocycles. The van der Waals surface area contributed by atoms with Gasteiger partial charge in [-0.2, -0.15) is 5.10 Å². The number of rotatable bonds is 2. The van der Waals surface area contributed by atoms with Crippen molar-refractivity contribution in [3.8, 4) is 0 Å². The number of nitrogens with zero attached hydrogens (tertiary/aromatic N) is 3. The number of hydrogen-bond donors (Lipinski definition) is 2. The summed E-state index contributed by atoms with van der Waals surface area (Å²) in [5.41, 5.74) is 8.31. The van der Waals surface area contributed by atoms with E-state index in [2.05, 4.69) is 10.1 Å². The molecule has 0 aliphatic rings. The summed E-state index contributed by atoms with van der Waals surface area (Å²) in [7, 11) is 0. The Labute approximate surface area is 115 Å². The highest BCUT2D eigenvalue weighted by Gasteiger charge is 2.06. The van der Waals surface area contributed by atoms with E-state index in [1.54, 1.807) is 10.9 Å². The molecule has 5 heteroatoms. The first kappa shape index (κ1) is 12.1. The standard InChI is InChI=1S/C15H13N5/c16-9-11-5-1-3-7-13(11)19-15(17)20-14-8-4-2-6-12(14)10-18-20/h1-10,16H,(H2,17,19). The molecule has 0 bridgehead atoms. The molecule has 0 fully saturated rings. The van der Waals surface area contributed by atoms with Gasteiger partial charge >= 0.3 is 0 Å². The van der Waals surface area contributed by atoms with Crippen molar-refractivity contribution >= 4 is 28.8 Å². The van der Waals surface area contributed by atoms with Crippen molar-refractivity contribution in [3.05, 3.63) is 60.3 Å². The first-order valence-corrected chi connectivity index (χ1v) is 6.16. The molecule has 20 heavy (non-hydrogen) atoms. The van der Waals surface area contributed by atoms with Crippen LogP contribution >= 0.6 is 0 Å². The van der Waals surface area contributed by atoms with Crippen LogP contribution in [0.15, 0.2) is 59.7 Å². The normalized spacial score (nSPS) is 11.7. The monoisotopic (exact) mass is 263 g/mol. The zero-order valence-electron chi connectivity index (χ0n) is 10.7. The minimum atomic E-state index is 0.278. The lowest BCUT2D eigenvalue weighted by Crippen LogP contribution is -2.23. The van der Waals surface area contributed by atoms with Gasteiger partial charge in [0.25, 0.3) is 0 Å². The smallest absolute Gasteiger partial charge is 0.222 e. The second kappa shape index (κ2) is 4.97. The second-order valence-electron chi connectivity index (χ2n) is 4.29. The number of hydrogen-bond acceptors (Lipinski definition) is 3. The fraction of sp³-hybridized carbons (Fsp3) is 0. The maximum Gasteiger partial charge on any atom is 0.222 e. The van der Waals surface area contributed by atoms with E-state index in [1.165, 1.54) is 6.21 Å². The number of para-hydroxylation sites is 2. The third kappa shape index (κ3) is 2.05. The summed E-state index contributed by atoms with van der Waals surface area (Å²) in [5.74, 6) is 0.278. The maximum atomic E-state index is 7.38. The van der Waals surface area contributed by atoms with Crippen molar-refractivity contribution < 1.29 is 0 Å². The fourth-order valence-electron chi connectivity index (χ4n) is 2.04. The van der Waals surface area contributed by atoms with Gasteiger partial charge in [0.05, 0.1) is 17.4 Å². The van der Waals surface area contributed by atoms with Gasteiger partial charge in [0.15, 0.2) is 0 Å². The molecule has 0 aliphatic carbocycles. The Hall–Kier alpha value is -2.95. The Morgan fingerprint density at radius 1 is 1.15 bits per heavy atom. The Bertz CT molecular complexity index is 801. The average Bonchev–Trinajstić information content (AvgIpc) is 2.92. The van der Waals surface area contributed by atoms with Crippen LogP contribution in [0.1, 0.15) is 5.56 Å². The molecule has 1 aromatic heterocycles. The Morgan fingerprint density at radius 3 is 2.75 bits per heavy atom. The molecule has 0 saturated heterocycles. The summed E-state index contributed by atoms with van der Waals surface area (Å²) in [6.07, 6.45) is 3.01. The first-order valence-electron chi connectivity index (χ1n) is 6.16. The van der Waals surface area contributed by atoms with Crippen LogP contribution in [0, 0.1) is 5.41 Å². The van der Waals surface area contributed by atoms with Gasteiger partial charge < -0.3 is 11.1 Å². The number of nitrogens with two attached hydrogens (primary N) is 1. The molecule has 0 amide bonds. The van der Waals surface area contributed by atoms with Gasteiger partial charge in [-0.05, 0) is 12.1 Å². The van der Waals surface area contributed by atoms with Gasteiger partial charge in [0.2, 0.25) is 5.96 Å². The largest absolute Gasteiger partial charge is 0.368 e. The van der Waals surface area contributed by atoms with E-state index >= 15 is 0 Å². The van der Waals surface area contributed by atoms with E-state index in [1.807, 2.05) is 48.5 Å². The van der Waals surface area contributed by atoms with Gasteiger partial charge in [-0.25, -0.2) is 9.67 Å². The van der Waals surface area contributed by atoms with E-state index in [0.29, 0.717) is 11.3 Å². The van der Waals surface area contributed by atoms with E-state index in [9.17, 15) is 0 Å². The van der Waals surface area contributed by atoms with Crippen LogP contribution in [0.4, 0.5) is 5.69 Å². The highest BCUT2D eigenvalue weighted by atomic mass is 15.3. The van der Waals surface area contributed by atoms with Crippen LogP contribution in [-0.4, -0.2) is 22.0 Å². The van der Waals surface area contributed by atoms with Crippen LogP contribution in [0.3, 0.4) is 0 Å². The van der Waals surface area contributed by atoms with Crippen molar-refractivity contribution in [2.24, 2.45) is 10.7 Å². The molecule has 0 spiro atoms. The molecule has 3 rings (SSSR count). The lowest BCUT2D eigenvalue weighted by atomic mass is 10.2. The third-order valence-electron chi connectivity index (χ3n) is 3.02. The molecule has 5 nitrogen and oxygen atoms in total. The zero-order chi connectivity index (χ0) is 13.9. The molecule has 0 aliphatic heterocycles. The molecule has 3 N–H and O–H groups in total. The third-order valence-corrected chi connectivity index (χ3v) is 3.02. The summed E-state index contributed by atoms with van der Waals surface area (Å²) in [6, 6.07) is 15.1.